The largest absolute Gasteiger partial charge is 0.493 e. The molecule has 0 radical (unpaired) electrons. The van der Waals surface area contributed by atoms with Gasteiger partial charge in [0.1, 0.15) is 11.6 Å². The van der Waals surface area contributed by atoms with E-state index < -0.39 is 0 Å². The Hall–Kier alpha value is -2.37. The molecule has 1 atom stereocenters. The molecule has 0 saturated carbocycles. The number of para-hydroxylation sites is 1. The van der Waals surface area contributed by atoms with Crippen LogP contribution in [0.25, 0.3) is 0 Å². The Morgan fingerprint density at radius 3 is 2.96 bits per heavy atom. The van der Waals surface area contributed by atoms with Gasteiger partial charge in [-0.3, -0.25) is 9.89 Å². The fraction of sp³-hybridized carbons (Fsp3) is 0.526. The zero-order valence-corrected chi connectivity index (χ0v) is 15.0. The van der Waals surface area contributed by atoms with E-state index in [0.29, 0.717) is 31.2 Å². The smallest absolute Gasteiger partial charge is 0.223 e. The van der Waals surface area contributed by atoms with Crippen molar-refractivity contribution in [3.8, 4) is 5.75 Å². The predicted molar refractivity (Wildman–Crippen MR) is 95.4 cm³/mol. The number of H-pyrrole nitrogens is 1. The first-order chi connectivity index (χ1) is 12.1. The summed E-state index contributed by atoms with van der Waals surface area (Å²) in [5.41, 5.74) is 1.15. The molecule has 1 aromatic heterocycles. The van der Waals surface area contributed by atoms with Crippen LogP contribution in [0.4, 0.5) is 0 Å². The van der Waals surface area contributed by atoms with E-state index in [9.17, 15) is 4.79 Å². The van der Waals surface area contributed by atoms with Crippen molar-refractivity contribution < 1.29 is 9.53 Å². The number of aromatic amines is 1. The maximum absolute atomic E-state index is 12.5. The second-order valence-electron chi connectivity index (χ2n) is 6.76. The van der Waals surface area contributed by atoms with E-state index in [1.165, 1.54) is 0 Å². The van der Waals surface area contributed by atoms with Gasteiger partial charge in [-0.2, -0.15) is 5.10 Å². The monoisotopic (exact) mass is 342 g/mol. The number of hydrogen-bond acceptors (Lipinski definition) is 4. The topological polar surface area (TPSA) is 71.1 Å². The Balaban J connectivity index is 1.47. The Morgan fingerprint density at radius 1 is 1.36 bits per heavy atom. The third kappa shape index (κ3) is 4.81. The van der Waals surface area contributed by atoms with Crippen molar-refractivity contribution in [2.75, 3.05) is 19.7 Å². The third-order valence-corrected chi connectivity index (χ3v) is 4.65. The lowest BCUT2D eigenvalue weighted by Crippen LogP contribution is -2.41. The second-order valence-corrected chi connectivity index (χ2v) is 6.76. The minimum absolute atomic E-state index is 0.183. The maximum Gasteiger partial charge on any atom is 0.223 e. The zero-order valence-electron chi connectivity index (χ0n) is 15.0. The highest BCUT2D eigenvalue weighted by molar-refractivity contribution is 5.76. The summed E-state index contributed by atoms with van der Waals surface area (Å²) in [6.45, 7) is 6.19. The Morgan fingerprint density at radius 2 is 2.20 bits per heavy atom. The average molecular weight is 342 g/mol. The van der Waals surface area contributed by atoms with Gasteiger partial charge in [-0.1, -0.05) is 18.2 Å². The molecule has 0 unspecified atom stereocenters. The standard InChI is InChI=1S/C19H26N4O2/c1-14-6-3-4-8-17(14)25-13-16-7-5-11-23(12-16)19(24)10-9-18-20-15(2)21-22-18/h3-4,6,8,16H,5,7,9-13H2,1-2H3,(H,20,21,22)/t16-/m1/s1. The molecule has 1 amide bonds. The SMILES string of the molecule is Cc1nc(CCC(=O)N2CCC[C@@H](COc3ccccc3C)C2)n[nH]1. The van der Waals surface area contributed by atoms with Crippen molar-refractivity contribution in [3.63, 3.8) is 0 Å². The van der Waals surface area contributed by atoms with Gasteiger partial charge < -0.3 is 9.64 Å². The van der Waals surface area contributed by atoms with Crippen molar-refractivity contribution in [2.45, 2.75) is 39.5 Å². The number of hydrogen-bond donors (Lipinski definition) is 1. The molecule has 2 aromatic rings. The highest BCUT2D eigenvalue weighted by Crippen LogP contribution is 2.21. The molecule has 0 aliphatic carbocycles. The molecule has 1 saturated heterocycles. The van der Waals surface area contributed by atoms with Crippen LogP contribution in [0.1, 0.15) is 36.5 Å². The summed E-state index contributed by atoms with van der Waals surface area (Å²) < 4.78 is 5.97. The molecule has 1 fully saturated rings. The molecular formula is C19H26N4O2. The summed E-state index contributed by atoms with van der Waals surface area (Å²) in [6, 6.07) is 8.06. The number of amides is 1. The Labute approximate surface area is 148 Å². The highest BCUT2D eigenvalue weighted by Gasteiger charge is 2.24. The van der Waals surface area contributed by atoms with Gasteiger partial charge in [-0.25, -0.2) is 4.98 Å². The number of aryl methyl sites for hydroxylation is 3. The summed E-state index contributed by atoms with van der Waals surface area (Å²) in [7, 11) is 0. The lowest BCUT2D eigenvalue weighted by atomic mass is 9.98. The van der Waals surface area contributed by atoms with E-state index in [1.807, 2.05) is 30.0 Å². The van der Waals surface area contributed by atoms with Gasteiger partial charge in [0.25, 0.3) is 0 Å². The molecule has 1 aliphatic heterocycles. The molecule has 6 nitrogen and oxygen atoms in total. The Bertz CT molecular complexity index is 713. The lowest BCUT2D eigenvalue weighted by Gasteiger charge is -2.32. The second kappa shape index (κ2) is 8.14. The van der Waals surface area contributed by atoms with Crippen LogP contribution in [0, 0.1) is 19.8 Å². The van der Waals surface area contributed by atoms with Crippen LogP contribution in [-0.2, 0) is 11.2 Å². The van der Waals surface area contributed by atoms with Crippen molar-refractivity contribution in [3.05, 3.63) is 41.5 Å². The molecule has 6 heteroatoms. The van der Waals surface area contributed by atoms with Crippen LogP contribution in [0.5, 0.6) is 5.75 Å². The first kappa shape index (κ1) is 17.5. The molecule has 2 heterocycles. The predicted octanol–water partition coefficient (Wildman–Crippen LogP) is 2.67. The number of benzene rings is 1. The van der Waals surface area contributed by atoms with Gasteiger partial charge in [0.05, 0.1) is 6.61 Å². The molecular weight excluding hydrogens is 316 g/mol. The number of aromatic nitrogens is 3. The van der Waals surface area contributed by atoms with Crippen LogP contribution < -0.4 is 4.74 Å². The van der Waals surface area contributed by atoms with E-state index in [4.69, 9.17) is 4.74 Å². The minimum Gasteiger partial charge on any atom is -0.493 e. The number of carbonyl (C=O) groups excluding carboxylic acids is 1. The van der Waals surface area contributed by atoms with Gasteiger partial charge in [0.2, 0.25) is 5.91 Å². The molecule has 1 aliphatic rings. The van der Waals surface area contributed by atoms with Crippen molar-refractivity contribution >= 4 is 5.91 Å². The van der Waals surface area contributed by atoms with E-state index >= 15 is 0 Å². The van der Waals surface area contributed by atoms with Crippen LogP contribution >= 0.6 is 0 Å². The first-order valence-electron chi connectivity index (χ1n) is 8.96. The number of rotatable bonds is 6. The summed E-state index contributed by atoms with van der Waals surface area (Å²) in [5, 5.41) is 6.91. The number of nitrogens with one attached hydrogen (secondary N) is 1. The quantitative estimate of drug-likeness (QED) is 0.876. The summed E-state index contributed by atoms with van der Waals surface area (Å²) in [6.07, 6.45) is 3.19. The first-order valence-corrected chi connectivity index (χ1v) is 8.96. The van der Waals surface area contributed by atoms with Crippen LogP contribution in [0.15, 0.2) is 24.3 Å². The molecule has 1 N–H and O–H groups in total. The molecule has 3 rings (SSSR count). The third-order valence-electron chi connectivity index (χ3n) is 4.65. The van der Waals surface area contributed by atoms with Crippen LogP contribution in [0.3, 0.4) is 0 Å². The zero-order chi connectivity index (χ0) is 17.6. The molecule has 25 heavy (non-hydrogen) atoms. The molecule has 134 valence electrons. The average Bonchev–Trinajstić information content (AvgIpc) is 3.04. The summed E-state index contributed by atoms with van der Waals surface area (Å²) >= 11 is 0. The molecule has 1 aromatic carbocycles. The number of ether oxygens (including phenoxy) is 1. The van der Waals surface area contributed by atoms with Crippen LogP contribution in [0.2, 0.25) is 0 Å². The van der Waals surface area contributed by atoms with Crippen molar-refractivity contribution in [2.24, 2.45) is 5.92 Å². The summed E-state index contributed by atoms with van der Waals surface area (Å²) in [5.74, 6) is 3.01. The van der Waals surface area contributed by atoms with E-state index in [-0.39, 0.29) is 5.91 Å². The lowest BCUT2D eigenvalue weighted by molar-refractivity contribution is -0.133. The highest BCUT2D eigenvalue weighted by atomic mass is 16.5. The normalized spacial score (nSPS) is 17.5. The van der Waals surface area contributed by atoms with Gasteiger partial charge in [-0.05, 0) is 38.3 Å². The van der Waals surface area contributed by atoms with E-state index in [2.05, 4.69) is 28.2 Å². The van der Waals surface area contributed by atoms with E-state index in [0.717, 1.165) is 43.1 Å². The van der Waals surface area contributed by atoms with Gasteiger partial charge in [0, 0.05) is 31.8 Å². The van der Waals surface area contributed by atoms with Gasteiger partial charge in [-0.15, -0.1) is 0 Å². The number of nitrogens with zero attached hydrogens (tertiary/aromatic N) is 3. The number of carbonyl (C=O) groups is 1. The van der Waals surface area contributed by atoms with Crippen molar-refractivity contribution in [1.29, 1.82) is 0 Å². The van der Waals surface area contributed by atoms with Gasteiger partial charge >= 0.3 is 0 Å². The minimum atomic E-state index is 0.183. The molecule has 0 spiro atoms. The van der Waals surface area contributed by atoms with Crippen LogP contribution in [-0.4, -0.2) is 45.7 Å². The van der Waals surface area contributed by atoms with E-state index in [1.54, 1.807) is 0 Å². The fourth-order valence-corrected chi connectivity index (χ4v) is 3.23. The van der Waals surface area contributed by atoms with Gasteiger partial charge in [0.15, 0.2) is 5.82 Å². The number of piperidine rings is 1. The Kier molecular flexibility index (Phi) is 5.68. The summed E-state index contributed by atoms with van der Waals surface area (Å²) in [4.78, 5) is 18.7. The maximum atomic E-state index is 12.5. The number of likely N-dealkylation sites (tertiary alicyclic amines) is 1. The fourth-order valence-electron chi connectivity index (χ4n) is 3.23. The molecule has 0 bridgehead atoms. The van der Waals surface area contributed by atoms with Crippen molar-refractivity contribution in [1.82, 2.24) is 20.1 Å².